The minimum absolute atomic E-state index is 0.0810. The molecule has 3 nitrogen and oxygen atoms in total. The molecule has 112 valence electrons. The predicted molar refractivity (Wildman–Crippen MR) is 74.9 cm³/mol. The lowest BCUT2D eigenvalue weighted by molar-refractivity contribution is -0.137. The molecule has 0 bridgehead atoms. The van der Waals surface area contributed by atoms with E-state index >= 15 is 0 Å². The molecule has 1 unspecified atom stereocenters. The molecule has 1 saturated heterocycles. The number of halogens is 4. The number of ether oxygens (including phenoxy) is 1. The van der Waals surface area contributed by atoms with Gasteiger partial charge in [-0.25, -0.2) is 0 Å². The number of morpholine rings is 1. The van der Waals surface area contributed by atoms with Gasteiger partial charge in [0.05, 0.1) is 18.3 Å². The Kier molecular flexibility index (Phi) is 4.93. The molecule has 1 aliphatic heterocycles. The third-order valence-electron chi connectivity index (χ3n) is 3.15. The molecule has 0 saturated carbocycles. The van der Waals surface area contributed by atoms with Crippen molar-refractivity contribution in [2.45, 2.75) is 12.3 Å². The highest BCUT2D eigenvalue weighted by Gasteiger charge is 2.34. The third-order valence-corrected chi connectivity index (χ3v) is 3.64. The molecule has 1 aromatic carbocycles. The monoisotopic (exact) mass is 352 g/mol. The maximum Gasteiger partial charge on any atom is 0.418 e. The minimum Gasteiger partial charge on any atom is -0.382 e. The van der Waals surface area contributed by atoms with Gasteiger partial charge in [-0.3, -0.25) is 0 Å². The molecule has 1 aromatic rings. The van der Waals surface area contributed by atoms with Crippen LogP contribution in [-0.4, -0.2) is 44.3 Å². The lowest BCUT2D eigenvalue weighted by Crippen LogP contribution is -2.43. The van der Waals surface area contributed by atoms with Crippen LogP contribution in [0.1, 0.15) is 5.56 Å². The first-order chi connectivity index (χ1) is 9.36. The third kappa shape index (κ3) is 4.10. The Bertz CT molecular complexity index is 467. The van der Waals surface area contributed by atoms with Crippen molar-refractivity contribution in [2.75, 3.05) is 38.6 Å². The fourth-order valence-corrected chi connectivity index (χ4v) is 2.48. The van der Waals surface area contributed by atoms with Crippen molar-refractivity contribution in [3.8, 4) is 0 Å². The topological polar surface area (TPSA) is 24.5 Å². The summed E-state index contributed by atoms with van der Waals surface area (Å²) < 4.78 is 44.8. The number of hydrogen-bond acceptors (Lipinski definition) is 3. The minimum atomic E-state index is -4.38. The van der Waals surface area contributed by atoms with Crippen LogP contribution in [0.2, 0.25) is 0 Å². The summed E-state index contributed by atoms with van der Waals surface area (Å²) >= 11 is 3.07. The number of benzene rings is 1. The summed E-state index contributed by atoms with van der Waals surface area (Å²) in [6.07, 6.45) is -4.48. The Hall–Kier alpha value is -0.790. The quantitative estimate of drug-likeness (QED) is 0.903. The molecule has 0 aliphatic carbocycles. The second-order valence-corrected chi connectivity index (χ2v) is 5.74. The zero-order valence-electron chi connectivity index (χ0n) is 11.0. The number of hydrogen-bond donors (Lipinski definition) is 1. The molecular formula is C13H16BrF3N2O. The molecule has 0 radical (unpaired) electrons. The van der Waals surface area contributed by atoms with Crippen molar-refractivity contribution >= 4 is 21.6 Å². The van der Waals surface area contributed by atoms with E-state index in [-0.39, 0.29) is 11.8 Å². The maximum atomic E-state index is 13.0. The van der Waals surface area contributed by atoms with E-state index in [1.54, 1.807) is 6.07 Å². The Labute approximate surface area is 124 Å². The molecule has 1 atom stereocenters. The van der Waals surface area contributed by atoms with E-state index in [1.165, 1.54) is 6.07 Å². The lowest BCUT2D eigenvalue weighted by Gasteiger charge is -2.30. The Balaban J connectivity index is 2.05. The van der Waals surface area contributed by atoms with Gasteiger partial charge in [0, 0.05) is 29.8 Å². The van der Waals surface area contributed by atoms with Crippen molar-refractivity contribution < 1.29 is 17.9 Å². The van der Waals surface area contributed by atoms with E-state index in [1.807, 2.05) is 7.05 Å². The van der Waals surface area contributed by atoms with Crippen LogP contribution in [-0.2, 0) is 10.9 Å². The van der Waals surface area contributed by atoms with Crippen molar-refractivity contribution in [1.82, 2.24) is 4.90 Å². The van der Waals surface area contributed by atoms with Crippen LogP contribution in [0.4, 0.5) is 18.9 Å². The van der Waals surface area contributed by atoms with Crippen LogP contribution < -0.4 is 5.32 Å². The van der Waals surface area contributed by atoms with Crippen LogP contribution in [0.3, 0.4) is 0 Å². The summed E-state index contributed by atoms with van der Waals surface area (Å²) in [7, 11) is 1.97. The van der Waals surface area contributed by atoms with Gasteiger partial charge in [0.1, 0.15) is 0 Å². The highest BCUT2D eigenvalue weighted by atomic mass is 79.9. The van der Waals surface area contributed by atoms with Gasteiger partial charge in [-0.2, -0.15) is 13.2 Å². The average Bonchev–Trinajstić information content (AvgIpc) is 2.36. The van der Waals surface area contributed by atoms with Gasteiger partial charge >= 0.3 is 6.18 Å². The average molecular weight is 353 g/mol. The molecule has 0 aromatic heterocycles. The first-order valence-corrected chi connectivity index (χ1v) is 7.06. The fraction of sp³-hybridized carbons (Fsp3) is 0.538. The standard InChI is InChI=1S/C13H16BrF3N2O/c1-19-4-5-20-10(8-19)7-18-12-3-2-9(14)6-11(12)13(15,16)17/h2-3,6,10,18H,4-5,7-8H2,1H3. The summed E-state index contributed by atoms with van der Waals surface area (Å²) in [5.74, 6) is 0. The van der Waals surface area contributed by atoms with E-state index < -0.39 is 11.7 Å². The number of alkyl halides is 3. The summed E-state index contributed by atoms with van der Waals surface area (Å²) in [6.45, 7) is 2.53. The Morgan fingerprint density at radius 3 is 2.85 bits per heavy atom. The number of likely N-dealkylation sites (N-methyl/N-ethyl adjacent to an activating group) is 1. The van der Waals surface area contributed by atoms with E-state index in [9.17, 15) is 13.2 Å². The van der Waals surface area contributed by atoms with Gasteiger partial charge in [0.15, 0.2) is 0 Å². The molecule has 1 heterocycles. The Morgan fingerprint density at radius 2 is 2.20 bits per heavy atom. The highest BCUT2D eigenvalue weighted by molar-refractivity contribution is 9.10. The SMILES string of the molecule is CN1CCOC(CNc2ccc(Br)cc2C(F)(F)F)C1. The van der Waals surface area contributed by atoms with Crippen LogP contribution in [0.15, 0.2) is 22.7 Å². The van der Waals surface area contributed by atoms with Crippen molar-refractivity contribution in [2.24, 2.45) is 0 Å². The first kappa shape index (κ1) is 15.6. The van der Waals surface area contributed by atoms with Crippen LogP contribution >= 0.6 is 15.9 Å². The zero-order valence-corrected chi connectivity index (χ0v) is 12.6. The van der Waals surface area contributed by atoms with Crippen LogP contribution in [0, 0.1) is 0 Å². The van der Waals surface area contributed by atoms with Gasteiger partial charge < -0.3 is 15.0 Å². The number of nitrogens with zero attached hydrogens (tertiary/aromatic N) is 1. The van der Waals surface area contributed by atoms with E-state index in [4.69, 9.17) is 4.74 Å². The van der Waals surface area contributed by atoms with Crippen molar-refractivity contribution in [3.63, 3.8) is 0 Å². The summed E-state index contributed by atoms with van der Waals surface area (Å²) in [5.41, 5.74) is -0.589. The predicted octanol–water partition coefficient (Wildman–Crippen LogP) is 3.21. The number of nitrogens with one attached hydrogen (secondary N) is 1. The first-order valence-electron chi connectivity index (χ1n) is 6.27. The molecular weight excluding hydrogens is 337 g/mol. The summed E-state index contributed by atoms with van der Waals surface area (Å²) in [6, 6.07) is 4.10. The van der Waals surface area contributed by atoms with Gasteiger partial charge in [-0.15, -0.1) is 0 Å². The van der Waals surface area contributed by atoms with E-state index in [2.05, 4.69) is 26.1 Å². The molecule has 2 rings (SSSR count). The molecule has 0 spiro atoms. The van der Waals surface area contributed by atoms with Gasteiger partial charge in [-0.05, 0) is 25.2 Å². The normalized spacial score (nSPS) is 20.9. The summed E-state index contributed by atoms with van der Waals surface area (Å²) in [5, 5.41) is 2.84. The van der Waals surface area contributed by atoms with Gasteiger partial charge in [0.2, 0.25) is 0 Å². The molecule has 1 N–H and O–H groups in total. The Morgan fingerprint density at radius 1 is 1.45 bits per heavy atom. The smallest absolute Gasteiger partial charge is 0.382 e. The zero-order chi connectivity index (χ0) is 14.8. The number of anilines is 1. The van der Waals surface area contributed by atoms with Gasteiger partial charge in [-0.1, -0.05) is 15.9 Å². The number of rotatable bonds is 3. The molecule has 1 fully saturated rings. The largest absolute Gasteiger partial charge is 0.418 e. The van der Waals surface area contributed by atoms with E-state index in [0.29, 0.717) is 24.2 Å². The van der Waals surface area contributed by atoms with Crippen molar-refractivity contribution in [3.05, 3.63) is 28.2 Å². The highest BCUT2D eigenvalue weighted by Crippen LogP contribution is 2.36. The van der Waals surface area contributed by atoms with Crippen LogP contribution in [0.5, 0.6) is 0 Å². The lowest BCUT2D eigenvalue weighted by atomic mass is 10.1. The van der Waals surface area contributed by atoms with Crippen LogP contribution in [0.25, 0.3) is 0 Å². The molecule has 20 heavy (non-hydrogen) atoms. The molecule has 7 heteroatoms. The van der Waals surface area contributed by atoms with E-state index in [0.717, 1.165) is 12.6 Å². The second-order valence-electron chi connectivity index (χ2n) is 4.82. The fourth-order valence-electron chi connectivity index (χ4n) is 2.12. The second kappa shape index (κ2) is 6.32. The molecule has 1 aliphatic rings. The van der Waals surface area contributed by atoms with Gasteiger partial charge in [0.25, 0.3) is 0 Å². The molecule has 0 amide bonds. The van der Waals surface area contributed by atoms with Crippen molar-refractivity contribution in [1.29, 1.82) is 0 Å². The summed E-state index contributed by atoms with van der Waals surface area (Å²) in [4.78, 5) is 2.10. The maximum absolute atomic E-state index is 13.0.